The molecule has 0 bridgehead atoms. The minimum absolute atomic E-state index is 0.0717. The maximum absolute atomic E-state index is 8.57. The van der Waals surface area contributed by atoms with Crippen LogP contribution < -0.4 is 5.73 Å². The lowest BCUT2D eigenvalue weighted by molar-refractivity contribution is 0.305. The lowest BCUT2D eigenvalue weighted by Gasteiger charge is -2.00. The number of nitrogens with two attached hydrogens (primary N) is 1. The fourth-order valence-corrected chi connectivity index (χ4v) is 1.20. The first-order chi connectivity index (χ1) is 6.75. The molecule has 0 aliphatic carbocycles. The number of aliphatic hydroxyl groups is 1. The number of thiocarbonyl (C=S) groups is 1. The summed E-state index contributed by atoms with van der Waals surface area (Å²) in [5, 5.41) is 8.57. The largest absolute Gasteiger partial charge is 0.395 e. The molecule has 0 heterocycles. The van der Waals surface area contributed by atoms with Gasteiger partial charge in [0.15, 0.2) is 0 Å². The van der Waals surface area contributed by atoms with E-state index in [2.05, 4.69) is 11.8 Å². The molecule has 0 spiro atoms. The molecule has 0 atom stereocenters. The van der Waals surface area contributed by atoms with Crippen LogP contribution in [0.5, 0.6) is 0 Å². The van der Waals surface area contributed by atoms with Crippen molar-refractivity contribution >= 4 is 17.2 Å². The van der Waals surface area contributed by atoms with Gasteiger partial charge in [-0.05, 0) is 6.07 Å². The molecule has 0 fully saturated rings. The predicted octanol–water partition coefficient (Wildman–Crippen LogP) is 1.05. The van der Waals surface area contributed by atoms with Gasteiger partial charge in [-0.25, -0.2) is 0 Å². The fraction of sp³-hybridized carbons (Fsp3) is 0.182. The lowest BCUT2D eigenvalue weighted by atomic mass is 10.1. The summed E-state index contributed by atoms with van der Waals surface area (Å²) >= 11 is 4.89. The highest BCUT2D eigenvalue weighted by atomic mass is 32.1. The van der Waals surface area contributed by atoms with Crippen LogP contribution in [0.25, 0.3) is 0 Å². The molecule has 0 saturated carbocycles. The van der Waals surface area contributed by atoms with E-state index in [0.717, 1.165) is 11.1 Å². The van der Waals surface area contributed by atoms with Crippen molar-refractivity contribution in [1.82, 2.24) is 0 Å². The minimum Gasteiger partial charge on any atom is -0.395 e. The van der Waals surface area contributed by atoms with Gasteiger partial charge in [0, 0.05) is 17.5 Å². The first kappa shape index (κ1) is 10.7. The highest BCUT2D eigenvalue weighted by Gasteiger charge is 2.00. The maximum Gasteiger partial charge on any atom is 0.105 e. The van der Waals surface area contributed by atoms with E-state index in [9.17, 15) is 0 Å². The molecule has 3 N–H and O–H groups in total. The van der Waals surface area contributed by atoms with Crippen molar-refractivity contribution in [3.63, 3.8) is 0 Å². The molecular weight excluding hydrogens is 194 g/mol. The molecule has 1 aromatic carbocycles. The molecule has 14 heavy (non-hydrogen) atoms. The summed E-state index contributed by atoms with van der Waals surface area (Å²) in [6, 6.07) is 7.45. The van der Waals surface area contributed by atoms with Gasteiger partial charge < -0.3 is 10.8 Å². The smallest absolute Gasteiger partial charge is 0.105 e. The van der Waals surface area contributed by atoms with E-state index >= 15 is 0 Å². The van der Waals surface area contributed by atoms with E-state index in [1.54, 1.807) is 0 Å². The van der Waals surface area contributed by atoms with Crippen molar-refractivity contribution in [2.75, 3.05) is 6.61 Å². The number of aliphatic hydroxyl groups excluding tert-OH is 1. The summed E-state index contributed by atoms with van der Waals surface area (Å²) in [5.74, 6) is 5.75. The SMILES string of the molecule is NC(=S)c1ccccc1C#CCCO. The van der Waals surface area contributed by atoms with E-state index in [4.69, 9.17) is 23.1 Å². The van der Waals surface area contributed by atoms with Crippen molar-refractivity contribution in [1.29, 1.82) is 0 Å². The number of hydrogen-bond acceptors (Lipinski definition) is 2. The minimum atomic E-state index is 0.0717. The van der Waals surface area contributed by atoms with Gasteiger partial charge in [0.05, 0.1) is 6.61 Å². The standard InChI is InChI=1S/C11H11NOS/c12-11(14)10-7-2-1-5-9(10)6-3-4-8-13/h1-2,5,7,13H,4,8H2,(H2,12,14). The Morgan fingerprint density at radius 3 is 2.79 bits per heavy atom. The third-order valence-corrected chi connectivity index (χ3v) is 1.87. The molecule has 0 saturated heterocycles. The van der Waals surface area contributed by atoms with Gasteiger partial charge in [-0.1, -0.05) is 42.3 Å². The van der Waals surface area contributed by atoms with Gasteiger partial charge in [-0.2, -0.15) is 0 Å². The summed E-state index contributed by atoms with van der Waals surface area (Å²) in [4.78, 5) is 0.346. The lowest BCUT2D eigenvalue weighted by Crippen LogP contribution is -2.10. The Bertz CT molecular complexity index is 390. The van der Waals surface area contributed by atoms with Gasteiger partial charge in [0.2, 0.25) is 0 Å². The summed E-state index contributed by atoms with van der Waals surface area (Å²) in [5.41, 5.74) is 7.13. The molecule has 72 valence electrons. The van der Waals surface area contributed by atoms with E-state index in [1.807, 2.05) is 24.3 Å². The normalized spacial score (nSPS) is 8.93. The summed E-state index contributed by atoms with van der Waals surface area (Å²) < 4.78 is 0. The van der Waals surface area contributed by atoms with E-state index in [-0.39, 0.29) is 6.61 Å². The van der Waals surface area contributed by atoms with Crippen LogP contribution >= 0.6 is 12.2 Å². The number of rotatable bonds is 2. The number of hydrogen-bond donors (Lipinski definition) is 2. The summed E-state index contributed by atoms with van der Waals surface area (Å²) in [6.07, 6.45) is 0.464. The van der Waals surface area contributed by atoms with Crippen LogP contribution in [-0.2, 0) is 0 Å². The van der Waals surface area contributed by atoms with E-state index in [0.29, 0.717) is 11.4 Å². The van der Waals surface area contributed by atoms with Gasteiger partial charge >= 0.3 is 0 Å². The first-order valence-electron chi connectivity index (χ1n) is 4.24. The monoisotopic (exact) mass is 205 g/mol. The molecule has 2 nitrogen and oxygen atoms in total. The van der Waals surface area contributed by atoms with Crippen LogP contribution in [0, 0.1) is 11.8 Å². The first-order valence-corrected chi connectivity index (χ1v) is 4.65. The van der Waals surface area contributed by atoms with E-state index in [1.165, 1.54) is 0 Å². The molecule has 0 radical (unpaired) electrons. The Balaban J connectivity index is 2.97. The quantitative estimate of drug-likeness (QED) is 0.560. The molecule has 0 aliphatic rings. The van der Waals surface area contributed by atoms with Crippen molar-refractivity contribution in [3.05, 3.63) is 35.4 Å². The fourth-order valence-electron chi connectivity index (χ4n) is 1.02. The predicted molar refractivity (Wildman–Crippen MR) is 60.9 cm³/mol. The molecule has 0 aliphatic heterocycles. The van der Waals surface area contributed by atoms with Crippen LogP contribution in [-0.4, -0.2) is 16.7 Å². The van der Waals surface area contributed by atoms with Gasteiger partial charge in [0.25, 0.3) is 0 Å². The second-order valence-corrected chi connectivity index (χ2v) is 3.13. The van der Waals surface area contributed by atoms with Crippen molar-refractivity contribution in [2.24, 2.45) is 5.73 Å². The molecule has 3 heteroatoms. The van der Waals surface area contributed by atoms with Crippen molar-refractivity contribution in [3.8, 4) is 11.8 Å². The zero-order chi connectivity index (χ0) is 10.4. The van der Waals surface area contributed by atoms with Crippen LogP contribution in [0.4, 0.5) is 0 Å². The Kier molecular flexibility index (Phi) is 4.11. The average molecular weight is 205 g/mol. The maximum atomic E-state index is 8.57. The Hall–Kier alpha value is -1.37. The molecular formula is C11H11NOS. The third kappa shape index (κ3) is 2.84. The third-order valence-electron chi connectivity index (χ3n) is 1.65. The van der Waals surface area contributed by atoms with Gasteiger partial charge in [0.1, 0.15) is 4.99 Å². The van der Waals surface area contributed by atoms with Crippen LogP contribution in [0.1, 0.15) is 17.5 Å². The van der Waals surface area contributed by atoms with Gasteiger partial charge in [-0.15, -0.1) is 0 Å². The Morgan fingerprint density at radius 1 is 1.43 bits per heavy atom. The van der Waals surface area contributed by atoms with Crippen molar-refractivity contribution in [2.45, 2.75) is 6.42 Å². The highest BCUT2D eigenvalue weighted by Crippen LogP contribution is 2.06. The topological polar surface area (TPSA) is 46.2 Å². The summed E-state index contributed by atoms with van der Waals surface area (Å²) in [6.45, 7) is 0.0717. The molecule has 1 aromatic rings. The zero-order valence-corrected chi connectivity index (χ0v) is 8.47. The molecule has 0 unspecified atom stereocenters. The second-order valence-electron chi connectivity index (χ2n) is 2.69. The van der Waals surface area contributed by atoms with Crippen molar-refractivity contribution < 1.29 is 5.11 Å². The molecule has 1 rings (SSSR count). The van der Waals surface area contributed by atoms with E-state index < -0.39 is 0 Å². The summed E-state index contributed by atoms with van der Waals surface area (Å²) in [7, 11) is 0. The Labute approximate surface area is 88.7 Å². The van der Waals surface area contributed by atoms with Gasteiger partial charge in [-0.3, -0.25) is 0 Å². The highest BCUT2D eigenvalue weighted by molar-refractivity contribution is 7.80. The van der Waals surface area contributed by atoms with Crippen LogP contribution in [0.15, 0.2) is 24.3 Å². The molecule has 0 amide bonds. The second kappa shape index (κ2) is 5.38. The zero-order valence-electron chi connectivity index (χ0n) is 7.66. The van der Waals surface area contributed by atoms with Crippen LogP contribution in [0.3, 0.4) is 0 Å². The average Bonchev–Trinajstić information content (AvgIpc) is 2.19. The van der Waals surface area contributed by atoms with Crippen LogP contribution in [0.2, 0.25) is 0 Å². The molecule has 0 aromatic heterocycles. The Morgan fingerprint density at radius 2 is 2.14 bits per heavy atom. The number of benzene rings is 1.